The summed E-state index contributed by atoms with van der Waals surface area (Å²) in [6, 6.07) is 19.3. The average molecular weight is 510 g/mol. The third-order valence-electron chi connectivity index (χ3n) is 6.69. The molecule has 0 saturated carbocycles. The molecule has 3 atom stereocenters. The highest BCUT2D eigenvalue weighted by Gasteiger charge is 2.49. The Kier molecular flexibility index (Phi) is 8.25. The van der Waals surface area contributed by atoms with Gasteiger partial charge >= 0.3 is 0 Å². The summed E-state index contributed by atoms with van der Waals surface area (Å²) in [5, 5.41) is 10.8. The lowest BCUT2D eigenvalue weighted by atomic mass is 9.78. The molecular weight excluding hydrogens is 474 g/mol. The van der Waals surface area contributed by atoms with Crippen molar-refractivity contribution in [1.29, 1.82) is 0 Å². The van der Waals surface area contributed by atoms with Gasteiger partial charge in [-0.15, -0.1) is 0 Å². The highest BCUT2D eigenvalue weighted by atomic mass is 19.1. The highest BCUT2D eigenvalue weighted by molar-refractivity contribution is 6.03. The van der Waals surface area contributed by atoms with Crippen LogP contribution in [0, 0.1) is 17.6 Å². The molecule has 1 heterocycles. The van der Waals surface area contributed by atoms with Gasteiger partial charge in [-0.25, -0.2) is 8.78 Å². The third-order valence-corrected chi connectivity index (χ3v) is 6.69. The van der Waals surface area contributed by atoms with E-state index in [1.807, 2.05) is 24.3 Å². The first-order valence-electron chi connectivity index (χ1n) is 12.6. The van der Waals surface area contributed by atoms with Gasteiger partial charge in [-0.1, -0.05) is 24.3 Å². The summed E-state index contributed by atoms with van der Waals surface area (Å²) >= 11 is 0. The third kappa shape index (κ3) is 6.93. The Morgan fingerprint density at radius 2 is 1.51 bits per heavy atom. The Balaban J connectivity index is 1.48. The van der Waals surface area contributed by atoms with Crippen molar-refractivity contribution in [3.63, 3.8) is 0 Å². The monoisotopic (exact) mass is 509 g/mol. The molecule has 1 aliphatic rings. The van der Waals surface area contributed by atoms with E-state index in [4.69, 9.17) is 4.74 Å². The fourth-order valence-corrected chi connectivity index (χ4v) is 4.81. The van der Waals surface area contributed by atoms with E-state index in [2.05, 4.69) is 21.1 Å². The number of anilines is 1. The van der Waals surface area contributed by atoms with E-state index in [-0.39, 0.29) is 30.0 Å². The lowest BCUT2D eigenvalue weighted by molar-refractivity contribution is -0.870. The number of aliphatic hydroxyl groups is 1. The first kappa shape index (κ1) is 26.8. The zero-order chi connectivity index (χ0) is 26.6. The molecule has 1 N–H and O–H groups in total. The summed E-state index contributed by atoms with van der Waals surface area (Å²) in [6.07, 6.45) is 0.769. The number of quaternary nitrogens is 1. The first-order chi connectivity index (χ1) is 17.6. The van der Waals surface area contributed by atoms with E-state index >= 15 is 0 Å². The van der Waals surface area contributed by atoms with Gasteiger partial charge in [0.25, 0.3) is 0 Å². The van der Waals surface area contributed by atoms with Gasteiger partial charge in [-0.2, -0.15) is 0 Å². The largest absolute Gasteiger partial charge is 0.493 e. The number of carbonyl (C=O) groups is 1. The van der Waals surface area contributed by atoms with Gasteiger partial charge in [-0.05, 0) is 72.5 Å². The predicted molar refractivity (Wildman–Crippen MR) is 140 cm³/mol. The van der Waals surface area contributed by atoms with Crippen molar-refractivity contribution in [3.05, 3.63) is 95.6 Å². The minimum Gasteiger partial charge on any atom is -0.493 e. The maximum Gasteiger partial charge on any atom is 0.233 e. The maximum atomic E-state index is 13.5. The molecule has 7 heteroatoms. The van der Waals surface area contributed by atoms with Crippen LogP contribution in [0.15, 0.2) is 72.8 Å². The molecule has 3 aromatic rings. The fraction of sp³-hybridized carbons (Fsp3) is 0.367. The van der Waals surface area contributed by atoms with Crippen LogP contribution < -0.4 is 9.64 Å². The molecule has 0 aromatic heterocycles. The van der Waals surface area contributed by atoms with Crippen molar-refractivity contribution in [1.82, 2.24) is 0 Å². The van der Waals surface area contributed by atoms with Crippen LogP contribution in [0.25, 0.3) is 0 Å². The first-order valence-corrected chi connectivity index (χ1v) is 12.6. The van der Waals surface area contributed by atoms with E-state index < -0.39 is 12.0 Å². The van der Waals surface area contributed by atoms with Gasteiger partial charge in [0.05, 0.1) is 52.4 Å². The van der Waals surface area contributed by atoms with Crippen LogP contribution in [0.1, 0.15) is 30.0 Å². The second-order valence-electron chi connectivity index (χ2n) is 10.7. The van der Waals surface area contributed by atoms with Crippen LogP contribution in [-0.4, -0.2) is 55.9 Å². The van der Waals surface area contributed by atoms with E-state index in [0.717, 1.165) is 34.3 Å². The van der Waals surface area contributed by atoms with Crippen molar-refractivity contribution < 1.29 is 27.9 Å². The molecule has 1 aliphatic heterocycles. The van der Waals surface area contributed by atoms with E-state index in [9.17, 15) is 18.7 Å². The molecule has 1 amide bonds. The quantitative estimate of drug-likeness (QED) is 0.221. The number of aliphatic hydroxyl groups excluding tert-OH is 1. The van der Waals surface area contributed by atoms with Gasteiger partial charge < -0.3 is 19.2 Å². The highest BCUT2D eigenvalue weighted by Crippen LogP contribution is 2.46. The molecule has 37 heavy (non-hydrogen) atoms. The number of hydrogen-bond donors (Lipinski definition) is 1. The second-order valence-corrected chi connectivity index (χ2v) is 10.7. The maximum absolute atomic E-state index is 13.5. The molecule has 0 aliphatic carbocycles. The second kappa shape index (κ2) is 11.4. The Morgan fingerprint density at radius 1 is 0.919 bits per heavy atom. The summed E-state index contributed by atoms with van der Waals surface area (Å²) < 4.78 is 33.5. The van der Waals surface area contributed by atoms with Crippen LogP contribution in [0.2, 0.25) is 0 Å². The molecule has 0 radical (unpaired) electrons. The van der Waals surface area contributed by atoms with Crippen molar-refractivity contribution in [2.45, 2.75) is 31.4 Å². The standard InChI is InChI=1S/C30H35F2N2O3/c1-34(2,3)17-4-18-37-27-15-7-22(8-16-27)29-28(20-26(35)19-21-5-9-23(31)10-6-21)30(36)33(29)25-13-11-24(32)12-14-25/h5-16,26,28-29,35H,4,17-20H2,1-3H3/q+1. The predicted octanol–water partition coefficient (Wildman–Crippen LogP) is 5.14. The van der Waals surface area contributed by atoms with Crippen LogP contribution in [-0.2, 0) is 11.2 Å². The summed E-state index contributed by atoms with van der Waals surface area (Å²) in [7, 11) is 6.44. The van der Waals surface area contributed by atoms with Crippen molar-refractivity contribution >= 4 is 11.6 Å². The van der Waals surface area contributed by atoms with Crippen LogP contribution in [0.3, 0.4) is 0 Å². The van der Waals surface area contributed by atoms with Gasteiger partial charge in [0.15, 0.2) is 0 Å². The minimum atomic E-state index is -0.763. The van der Waals surface area contributed by atoms with Crippen LogP contribution >= 0.6 is 0 Å². The van der Waals surface area contributed by atoms with Crippen LogP contribution in [0.4, 0.5) is 14.5 Å². The smallest absolute Gasteiger partial charge is 0.233 e. The molecule has 196 valence electrons. The number of amides is 1. The Morgan fingerprint density at radius 3 is 2.11 bits per heavy atom. The number of hydrogen-bond acceptors (Lipinski definition) is 3. The van der Waals surface area contributed by atoms with Crippen molar-refractivity contribution in [2.24, 2.45) is 5.92 Å². The summed E-state index contributed by atoms with van der Waals surface area (Å²) in [6.45, 7) is 1.63. The number of rotatable bonds is 11. The average Bonchev–Trinajstić information content (AvgIpc) is 2.86. The fourth-order valence-electron chi connectivity index (χ4n) is 4.81. The van der Waals surface area contributed by atoms with Gasteiger partial charge in [0, 0.05) is 12.1 Å². The minimum absolute atomic E-state index is 0.115. The van der Waals surface area contributed by atoms with E-state index in [1.165, 1.54) is 24.3 Å². The van der Waals surface area contributed by atoms with E-state index in [1.54, 1.807) is 29.2 Å². The van der Waals surface area contributed by atoms with E-state index in [0.29, 0.717) is 18.7 Å². The zero-order valence-electron chi connectivity index (χ0n) is 21.6. The van der Waals surface area contributed by atoms with Crippen LogP contribution in [0.5, 0.6) is 5.75 Å². The Labute approximate surface area is 217 Å². The number of carbonyl (C=O) groups excluding carboxylic acids is 1. The SMILES string of the molecule is C[N+](C)(C)CCCOc1ccc(C2C(CC(O)Cc3ccc(F)cc3)C(=O)N2c2ccc(F)cc2)cc1. The normalized spacial score (nSPS) is 18.4. The molecule has 1 fully saturated rings. The molecule has 3 aromatic carbocycles. The molecule has 0 spiro atoms. The Hall–Kier alpha value is -3.29. The topological polar surface area (TPSA) is 49.8 Å². The van der Waals surface area contributed by atoms with Gasteiger partial charge in [0.1, 0.15) is 17.4 Å². The van der Waals surface area contributed by atoms with Crippen molar-refractivity contribution in [2.75, 3.05) is 39.2 Å². The number of ether oxygens (including phenoxy) is 1. The summed E-state index contributed by atoms with van der Waals surface area (Å²) in [4.78, 5) is 14.9. The van der Waals surface area contributed by atoms with Gasteiger partial charge in [-0.3, -0.25) is 4.79 Å². The molecule has 4 rings (SSSR count). The molecular formula is C30H35F2N2O3+. The molecule has 5 nitrogen and oxygen atoms in total. The molecule has 0 bridgehead atoms. The van der Waals surface area contributed by atoms with Crippen molar-refractivity contribution in [3.8, 4) is 5.75 Å². The number of nitrogens with zero attached hydrogens (tertiary/aromatic N) is 2. The number of halogens is 2. The zero-order valence-corrected chi connectivity index (χ0v) is 21.6. The number of β-lactam (4-membered cyclic amide) rings is 1. The Bertz CT molecular complexity index is 1180. The molecule has 1 saturated heterocycles. The number of benzene rings is 3. The van der Waals surface area contributed by atoms with Gasteiger partial charge in [0.2, 0.25) is 5.91 Å². The lowest BCUT2D eigenvalue weighted by Crippen LogP contribution is -2.56. The molecule has 3 unspecified atom stereocenters. The summed E-state index contributed by atoms with van der Waals surface area (Å²) in [5.74, 6) is -0.487. The summed E-state index contributed by atoms with van der Waals surface area (Å²) in [5.41, 5.74) is 2.34. The lowest BCUT2D eigenvalue weighted by Gasteiger charge is -2.48.